The number of phenols is 1. The van der Waals surface area contributed by atoms with Crippen LogP contribution in [0.5, 0.6) is 5.75 Å². The maximum Gasteiger partial charge on any atom is 0.416 e. The van der Waals surface area contributed by atoms with E-state index in [1.807, 2.05) is 39.0 Å². The standard InChI is InChI=1S/C22H22F3N3O2/c1-12-5-4-6-17-19(12)20(16-8-7-15(9-18(16)29)22(23,24)25)26-27-21(17)28-10-13(2)30-14(3)11-28/h4-9,13-14,29H,10-11H2,1-3H3/t13-,14+. The normalized spacial score (nSPS) is 20.0. The molecule has 5 nitrogen and oxygen atoms in total. The number of morpholine rings is 1. The van der Waals surface area contributed by atoms with Crippen molar-refractivity contribution in [2.45, 2.75) is 39.2 Å². The van der Waals surface area contributed by atoms with Crippen LogP contribution < -0.4 is 4.90 Å². The Morgan fingerprint density at radius 1 is 1.07 bits per heavy atom. The first-order valence-electron chi connectivity index (χ1n) is 9.72. The minimum atomic E-state index is -4.53. The van der Waals surface area contributed by atoms with E-state index in [0.717, 1.165) is 28.5 Å². The second-order valence-corrected chi connectivity index (χ2v) is 7.76. The Kier molecular flexibility index (Phi) is 5.05. The van der Waals surface area contributed by atoms with Gasteiger partial charge in [0.15, 0.2) is 5.82 Å². The summed E-state index contributed by atoms with van der Waals surface area (Å²) >= 11 is 0. The Bertz CT molecular complexity index is 1090. The summed E-state index contributed by atoms with van der Waals surface area (Å²) in [6, 6.07) is 8.64. The fourth-order valence-corrected chi connectivity index (χ4v) is 4.05. The fourth-order valence-electron chi connectivity index (χ4n) is 4.05. The predicted molar refractivity (Wildman–Crippen MR) is 109 cm³/mol. The van der Waals surface area contributed by atoms with Crippen molar-refractivity contribution < 1.29 is 23.0 Å². The molecule has 0 unspecified atom stereocenters. The summed E-state index contributed by atoms with van der Waals surface area (Å²) in [5, 5.41) is 20.7. The number of alkyl halides is 3. The van der Waals surface area contributed by atoms with Gasteiger partial charge in [-0.1, -0.05) is 18.2 Å². The highest BCUT2D eigenvalue weighted by Crippen LogP contribution is 2.40. The summed E-state index contributed by atoms with van der Waals surface area (Å²) in [6.45, 7) is 7.22. The number of rotatable bonds is 2. The van der Waals surface area contributed by atoms with Crippen LogP contribution in [0, 0.1) is 6.92 Å². The van der Waals surface area contributed by atoms with E-state index in [9.17, 15) is 18.3 Å². The molecule has 0 amide bonds. The molecule has 0 bridgehead atoms. The fraction of sp³-hybridized carbons (Fsp3) is 0.364. The van der Waals surface area contributed by atoms with Gasteiger partial charge in [0, 0.05) is 29.4 Å². The highest BCUT2D eigenvalue weighted by Gasteiger charge is 2.32. The summed E-state index contributed by atoms with van der Waals surface area (Å²) in [4.78, 5) is 2.12. The van der Waals surface area contributed by atoms with Crippen molar-refractivity contribution in [1.82, 2.24) is 10.2 Å². The van der Waals surface area contributed by atoms with E-state index in [4.69, 9.17) is 4.74 Å². The first-order valence-corrected chi connectivity index (χ1v) is 9.72. The molecule has 0 radical (unpaired) electrons. The Hall–Kier alpha value is -2.87. The topological polar surface area (TPSA) is 58.5 Å². The molecule has 4 rings (SSSR count). The lowest BCUT2D eigenvalue weighted by Crippen LogP contribution is -2.46. The number of hydrogen-bond donors (Lipinski definition) is 1. The molecule has 1 aromatic heterocycles. The minimum absolute atomic E-state index is 0.0362. The van der Waals surface area contributed by atoms with Crippen LogP contribution >= 0.6 is 0 Å². The van der Waals surface area contributed by atoms with Crippen LogP contribution in [0.1, 0.15) is 25.0 Å². The van der Waals surface area contributed by atoms with Gasteiger partial charge in [0.25, 0.3) is 0 Å². The molecule has 2 heterocycles. The van der Waals surface area contributed by atoms with Crippen LogP contribution in [0.3, 0.4) is 0 Å². The molecule has 3 aromatic rings. The zero-order chi connectivity index (χ0) is 21.6. The van der Waals surface area contributed by atoms with Gasteiger partial charge < -0.3 is 14.7 Å². The molecule has 1 fully saturated rings. The van der Waals surface area contributed by atoms with Crippen molar-refractivity contribution in [2.75, 3.05) is 18.0 Å². The maximum absolute atomic E-state index is 13.0. The van der Waals surface area contributed by atoms with Gasteiger partial charge in [-0.25, -0.2) is 0 Å². The zero-order valence-electron chi connectivity index (χ0n) is 16.9. The minimum Gasteiger partial charge on any atom is -0.507 e. The second-order valence-electron chi connectivity index (χ2n) is 7.76. The molecule has 8 heteroatoms. The van der Waals surface area contributed by atoms with Crippen molar-refractivity contribution in [1.29, 1.82) is 0 Å². The van der Waals surface area contributed by atoms with Crippen molar-refractivity contribution in [2.24, 2.45) is 0 Å². The average molecular weight is 417 g/mol. The van der Waals surface area contributed by atoms with Gasteiger partial charge >= 0.3 is 6.18 Å². The molecular formula is C22H22F3N3O2. The largest absolute Gasteiger partial charge is 0.507 e. The number of phenolic OH excluding ortho intramolecular Hbond substituents is 1. The van der Waals surface area contributed by atoms with E-state index >= 15 is 0 Å². The van der Waals surface area contributed by atoms with Crippen molar-refractivity contribution in [3.8, 4) is 17.0 Å². The van der Waals surface area contributed by atoms with E-state index in [2.05, 4.69) is 15.1 Å². The molecule has 158 valence electrons. The van der Waals surface area contributed by atoms with Crippen LogP contribution in [0.4, 0.5) is 19.0 Å². The van der Waals surface area contributed by atoms with Crippen LogP contribution in [0.2, 0.25) is 0 Å². The number of benzene rings is 2. The lowest BCUT2D eigenvalue weighted by atomic mass is 9.98. The van der Waals surface area contributed by atoms with Gasteiger partial charge in [-0.3, -0.25) is 0 Å². The van der Waals surface area contributed by atoms with E-state index in [1.54, 1.807) is 0 Å². The van der Waals surface area contributed by atoms with Gasteiger partial charge in [-0.15, -0.1) is 10.2 Å². The first-order chi connectivity index (χ1) is 14.1. The zero-order valence-corrected chi connectivity index (χ0v) is 16.9. The number of aryl methyl sites for hydroxylation is 1. The van der Waals surface area contributed by atoms with Crippen molar-refractivity contribution >= 4 is 16.6 Å². The van der Waals surface area contributed by atoms with Gasteiger partial charge in [-0.2, -0.15) is 13.2 Å². The number of nitrogens with zero attached hydrogens (tertiary/aromatic N) is 3. The number of halogens is 3. The Morgan fingerprint density at radius 3 is 2.40 bits per heavy atom. The molecule has 2 atom stereocenters. The van der Waals surface area contributed by atoms with Gasteiger partial charge in [0.05, 0.1) is 17.8 Å². The molecule has 0 saturated carbocycles. The molecule has 30 heavy (non-hydrogen) atoms. The number of aromatic nitrogens is 2. The smallest absolute Gasteiger partial charge is 0.416 e. The van der Waals surface area contributed by atoms with Crippen molar-refractivity contribution in [3.05, 3.63) is 47.5 Å². The summed E-state index contributed by atoms with van der Waals surface area (Å²) in [7, 11) is 0. The number of ether oxygens (including phenoxy) is 1. The SMILES string of the molecule is Cc1cccc2c(N3C[C@@H](C)O[C@@H](C)C3)nnc(-c3ccc(C(F)(F)F)cc3O)c12. The third-order valence-electron chi connectivity index (χ3n) is 5.29. The van der Waals surface area contributed by atoms with Gasteiger partial charge in [0.2, 0.25) is 0 Å². The van der Waals surface area contributed by atoms with E-state index < -0.39 is 17.5 Å². The van der Waals surface area contributed by atoms with Crippen LogP contribution in [0.25, 0.3) is 22.0 Å². The predicted octanol–water partition coefficient (Wildman–Crippen LogP) is 4.94. The summed E-state index contributed by atoms with van der Waals surface area (Å²) in [5.74, 6) is 0.218. The number of fused-ring (bicyclic) bond motifs is 1. The molecule has 1 N–H and O–H groups in total. The lowest BCUT2D eigenvalue weighted by Gasteiger charge is -2.36. The summed E-state index contributed by atoms with van der Waals surface area (Å²) in [5.41, 5.74) is 0.551. The van der Waals surface area contributed by atoms with E-state index in [-0.39, 0.29) is 17.8 Å². The van der Waals surface area contributed by atoms with Crippen LogP contribution in [-0.2, 0) is 10.9 Å². The third-order valence-corrected chi connectivity index (χ3v) is 5.29. The number of anilines is 1. The summed E-state index contributed by atoms with van der Waals surface area (Å²) in [6.07, 6.45) is -4.46. The summed E-state index contributed by atoms with van der Waals surface area (Å²) < 4.78 is 44.8. The molecular weight excluding hydrogens is 395 g/mol. The molecule has 1 aliphatic rings. The quantitative estimate of drug-likeness (QED) is 0.640. The monoisotopic (exact) mass is 417 g/mol. The van der Waals surface area contributed by atoms with E-state index in [0.29, 0.717) is 24.6 Å². The number of aromatic hydroxyl groups is 1. The van der Waals surface area contributed by atoms with Crippen LogP contribution in [0.15, 0.2) is 36.4 Å². The molecule has 1 aliphatic heterocycles. The lowest BCUT2D eigenvalue weighted by molar-refractivity contribution is -0.137. The van der Waals surface area contributed by atoms with Gasteiger partial charge in [-0.05, 0) is 44.5 Å². The molecule has 0 aliphatic carbocycles. The highest BCUT2D eigenvalue weighted by molar-refractivity contribution is 6.03. The Labute approximate surface area is 172 Å². The molecule has 2 aromatic carbocycles. The number of hydrogen-bond acceptors (Lipinski definition) is 5. The van der Waals surface area contributed by atoms with Crippen molar-refractivity contribution in [3.63, 3.8) is 0 Å². The molecule has 0 spiro atoms. The first kappa shape index (κ1) is 20.4. The second kappa shape index (κ2) is 7.43. The van der Waals surface area contributed by atoms with E-state index in [1.165, 1.54) is 6.07 Å². The molecule has 1 saturated heterocycles. The maximum atomic E-state index is 13.0. The third kappa shape index (κ3) is 3.67. The van der Waals surface area contributed by atoms with Gasteiger partial charge in [0.1, 0.15) is 11.4 Å². The Morgan fingerprint density at radius 2 is 1.77 bits per heavy atom. The highest BCUT2D eigenvalue weighted by atomic mass is 19.4. The Balaban J connectivity index is 1.88. The average Bonchev–Trinajstić information content (AvgIpc) is 2.66. The van der Waals surface area contributed by atoms with Crippen LogP contribution in [-0.4, -0.2) is 40.6 Å².